The third-order valence-corrected chi connectivity index (χ3v) is 2.65. The highest BCUT2D eigenvalue weighted by molar-refractivity contribution is 5.96. The van der Waals surface area contributed by atoms with E-state index in [1.54, 1.807) is 18.2 Å². The van der Waals surface area contributed by atoms with Crippen LogP contribution in [-0.2, 0) is 9.53 Å². The Balaban J connectivity index is 0.00000162. The average molecular weight is 273 g/mol. The van der Waals surface area contributed by atoms with E-state index in [0.717, 1.165) is 5.56 Å². The highest BCUT2D eigenvalue weighted by Gasteiger charge is 2.21. The van der Waals surface area contributed by atoms with E-state index in [1.165, 1.54) is 0 Å². The summed E-state index contributed by atoms with van der Waals surface area (Å²) in [6, 6.07) is 4.73. The summed E-state index contributed by atoms with van der Waals surface area (Å²) in [6.45, 7) is 3.55. The van der Waals surface area contributed by atoms with E-state index in [2.05, 4.69) is 10.6 Å². The van der Waals surface area contributed by atoms with Crippen molar-refractivity contribution in [3.05, 3.63) is 23.8 Å². The second-order valence-electron chi connectivity index (χ2n) is 4.09. The number of phenols is 1. The molecule has 18 heavy (non-hydrogen) atoms. The molecule has 1 aromatic rings. The summed E-state index contributed by atoms with van der Waals surface area (Å²) >= 11 is 0. The van der Waals surface area contributed by atoms with Crippen molar-refractivity contribution in [2.45, 2.75) is 13.0 Å². The minimum atomic E-state index is -0.358. The Bertz CT molecular complexity index is 420. The number of rotatable bonds is 2. The highest BCUT2D eigenvalue weighted by Crippen LogP contribution is 2.23. The number of hydrogen-bond acceptors (Lipinski definition) is 4. The van der Waals surface area contributed by atoms with Crippen LogP contribution in [0.1, 0.15) is 5.56 Å². The van der Waals surface area contributed by atoms with E-state index in [9.17, 15) is 9.90 Å². The Hall–Kier alpha value is -1.30. The molecule has 2 rings (SSSR count). The molecule has 1 saturated heterocycles. The predicted octanol–water partition coefficient (Wildman–Crippen LogP) is 1.05. The summed E-state index contributed by atoms with van der Waals surface area (Å²) in [6.07, 6.45) is 0. The smallest absolute Gasteiger partial charge is 0.244 e. The molecule has 1 atom stereocenters. The molecule has 0 radical (unpaired) electrons. The largest absolute Gasteiger partial charge is 0.506 e. The van der Waals surface area contributed by atoms with Crippen molar-refractivity contribution in [2.24, 2.45) is 0 Å². The molecule has 1 fully saturated rings. The summed E-state index contributed by atoms with van der Waals surface area (Å²) in [5, 5.41) is 15.4. The normalized spacial score (nSPS) is 18.8. The number of anilines is 1. The van der Waals surface area contributed by atoms with E-state index < -0.39 is 0 Å². The first-order chi connectivity index (χ1) is 8.16. The molecule has 1 aromatic carbocycles. The van der Waals surface area contributed by atoms with Crippen LogP contribution in [0, 0.1) is 6.92 Å². The monoisotopic (exact) mass is 272 g/mol. The highest BCUT2D eigenvalue weighted by atomic mass is 35.5. The van der Waals surface area contributed by atoms with Crippen LogP contribution in [0.3, 0.4) is 0 Å². The predicted molar refractivity (Wildman–Crippen MR) is 71.3 cm³/mol. The number of nitrogens with one attached hydrogen (secondary N) is 2. The molecule has 1 heterocycles. The molecule has 100 valence electrons. The van der Waals surface area contributed by atoms with Crippen LogP contribution in [0.5, 0.6) is 5.75 Å². The first-order valence-corrected chi connectivity index (χ1v) is 5.58. The lowest BCUT2D eigenvalue weighted by molar-refractivity contribution is -0.120. The van der Waals surface area contributed by atoms with Gasteiger partial charge in [-0.05, 0) is 24.6 Å². The van der Waals surface area contributed by atoms with Gasteiger partial charge in [0.25, 0.3) is 0 Å². The molecular weight excluding hydrogens is 256 g/mol. The second-order valence-corrected chi connectivity index (χ2v) is 4.09. The lowest BCUT2D eigenvalue weighted by Crippen LogP contribution is -2.48. The molecule has 5 nitrogen and oxygen atoms in total. The maximum atomic E-state index is 11.9. The van der Waals surface area contributed by atoms with Crippen molar-refractivity contribution in [1.29, 1.82) is 0 Å². The number of amides is 1. The number of hydrogen-bond donors (Lipinski definition) is 3. The zero-order chi connectivity index (χ0) is 12.3. The molecular formula is C12H17ClN2O3. The van der Waals surface area contributed by atoms with Gasteiger partial charge in [-0.25, -0.2) is 0 Å². The van der Waals surface area contributed by atoms with Crippen LogP contribution in [0.25, 0.3) is 0 Å². The Labute approximate surface area is 112 Å². The number of halogens is 1. The van der Waals surface area contributed by atoms with Gasteiger partial charge in [-0.3, -0.25) is 4.79 Å². The maximum absolute atomic E-state index is 11.9. The van der Waals surface area contributed by atoms with Crippen molar-refractivity contribution in [2.75, 3.05) is 25.1 Å². The minimum absolute atomic E-state index is 0. The van der Waals surface area contributed by atoms with Crippen LogP contribution in [0.2, 0.25) is 0 Å². The topological polar surface area (TPSA) is 70.6 Å². The lowest BCUT2D eigenvalue weighted by atomic mass is 10.2. The molecule has 1 aliphatic rings. The van der Waals surface area contributed by atoms with Crippen molar-refractivity contribution in [3.63, 3.8) is 0 Å². The number of aryl methyl sites for hydroxylation is 1. The quantitative estimate of drug-likeness (QED) is 0.704. The number of phenolic OH excluding ortho intramolecular Hbond substituents is 1. The molecule has 0 spiro atoms. The van der Waals surface area contributed by atoms with Gasteiger partial charge in [-0.1, -0.05) is 6.07 Å². The van der Waals surface area contributed by atoms with Crippen LogP contribution in [0.4, 0.5) is 5.69 Å². The first kappa shape index (κ1) is 14.8. The fourth-order valence-corrected chi connectivity index (χ4v) is 1.70. The average Bonchev–Trinajstić information content (AvgIpc) is 2.35. The zero-order valence-electron chi connectivity index (χ0n) is 10.1. The van der Waals surface area contributed by atoms with Gasteiger partial charge in [0.15, 0.2) is 0 Å². The van der Waals surface area contributed by atoms with Crippen LogP contribution in [0.15, 0.2) is 18.2 Å². The van der Waals surface area contributed by atoms with Crippen molar-refractivity contribution < 1.29 is 14.6 Å². The molecule has 0 bridgehead atoms. The lowest BCUT2D eigenvalue weighted by Gasteiger charge is -2.23. The van der Waals surface area contributed by atoms with E-state index >= 15 is 0 Å². The Morgan fingerprint density at radius 2 is 2.33 bits per heavy atom. The molecule has 1 aliphatic heterocycles. The van der Waals surface area contributed by atoms with Crippen LogP contribution >= 0.6 is 12.4 Å². The van der Waals surface area contributed by atoms with Gasteiger partial charge in [0.05, 0.1) is 18.9 Å². The number of aromatic hydroxyl groups is 1. The molecule has 0 aliphatic carbocycles. The summed E-state index contributed by atoms with van der Waals surface area (Å²) < 4.78 is 5.21. The van der Waals surface area contributed by atoms with E-state index in [0.29, 0.717) is 25.4 Å². The Kier molecular flexibility index (Phi) is 5.40. The van der Waals surface area contributed by atoms with Crippen LogP contribution in [-0.4, -0.2) is 36.8 Å². The molecule has 1 unspecified atom stereocenters. The second kappa shape index (κ2) is 6.58. The fraction of sp³-hybridized carbons (Fsp3) is 0.417. The van der Waals surface area contributed by atoms with E-state index in [-0.39, 0.29) is 30.1 Å². The number of benzene rings is 1. The third kappa shape index (κ3) is 3.60. The fourth-order valence-electron chi connectivity index (χ4n) is 1.70. The van der Waals surface area contributed by atoms with Gasteiger partial charge in [-0.2, -0.15) is 0 Å². The molecule has 3 N–H and O–H groups in total. The van der Waals surface area contributed by atoms with E-state index in [1.807, 2.05) is 6.92 Å². The molecule has 0 aromatic heterocycles. The number of carbonyl (C=O) groups excluding carboxylic acids is 1. The number of ether oxygens (including phenoxy) is 1. The van der Waals surface area contributed by atoms with Gasteiger partial charge >= 0.3 is 0 Å². The molecule has 1 amide bonds. The van der Waals surface area contributed by atoms with Crippen molar-refractivity contribution >= 4 is 24.0 Å². The minimum Gasteiger partial charge on any atom is -0.506 e. The zero-order valence-corrected chi connectivity index (χ0v) is 10.9. The van der Waals surface area contributed by atoms with Gasteiger partial charge in [0.2, 0.25) is 5.91 Å². The Morgan fingerprint density at radius 1 is 1.56 bits per heavy atom. The van der Waals surface area contributed by atoms with Gasteiger partial charge in [0.1, 0.15) is 11.8 Å². The van der Waals surface area contributed by atoms with Gasteiger partial charge in [0, 0.05) is 6.54 Å². The van der Waals surface area contributed by atoms with Gasteiger partial charge < -0.3 is 20.5 Å². The SMILES string of the molecule is Cc1ccc(O)c(NC(=O)C2COCCN2)c1.Cl. The van der Waals surface area contributed by atoms with Crippen molar-refractivity contribution in [3.8, 4) is 5.75 Å². The summed E-state index contributed by atoms with van der Waals surface area (Å²) in [4.78, 5) is 11.9. The first-order valence-electron chi connectivity index (χ1n) is 5.58. The summed E-state index contributed by atoms with van der Waals surface area (Å²) in [7, 11) is 0. The maximum Gasteiger partial charge on any atom is 0.244 e. The van der Waals surface area contributed by atoms with Crippen molar-refractivity contribution in [1.82, 2.24) is 5.32 Å². The molecule has 6 heteroatoms. The number of carbonyl (C=O) groups is 1. The standard InChI is InChI=1S/C12H16N2O3.ClH/c1-8-2-3-11(15)9(6-8)14-12(16)10-7-17-5-4-13-10;/h2-3,6,10,13,15H,4-5,7H2,1H3,(H,14,16);1H. The summed E-state index contributed by atoms with van der Waals surface area (Å²) in [5.41, 5.74) is 1.41. The summed E-state index contributed by atoms with van der Waals surface area (Å²) in [5.74, 6) is -0.119. The Morgan fingerprint density at radius 3 is 3.00 bits per heavy atom. The molecule has 0 saturated carbocycles. The van der Waals surface area contributed by atoms with Gasteiger partial charge in [-0.15, -0.1) is 12.4 Å². The van der Waals surface area contributed by atoms with Crippen LogP contribution < -0.4 is 10.6 Å². The van der Waals surface area contributed by atoms with E-state index in [4.69, 9.17) is 4.74 Å². The number of morpholine rings is 1. The third-order valence-electron chi connectivity index (χ3n) is 2.65.